The maximum absolute atomic E-state index is 12.9. The van der Waals surface area contributed by atoms with E-state index in [1.807, 2.05) is 0 Å². The maximum Gasteiger partial charge on any atom is 0.416 e. The van der Waals surface area contributed by atoms with Gasteiger partial charge in [0.2, 0.25) is 0 Å². The fraction of sp³-hybridized carbons (Fsp3) is 0.353. The summed E-state index contributed by atoms with van der Waals surface area (Å²) in [7, 11) is 0. The van der Waals surface area contributed by atoms with Crippen LogP contribution in [0.15, 0.2) is 23.8 Å². The van der Waals surface area contributed by atoms with Crippen molar-refractivity contribution in [3.63, 3.8) is 0 Å². The SMILES string of the molecule is CC(=O)CNC(=O)C1=C(O)c2cc(C(F)(F)F)ccc2C(C)(C)C1=O. The summed E-state index contributed by atoms with van der Waals surface area (Å²) < 4.78 is 38.8. The summed E-state index contributed by atoms with van der Waals surface area (Å²) in [6.07, 6.45) is -4.64. The van der Waals surface area contributed by atoms with Crippen LogP contribution < -0.4 is 5.32 Å². The quantitative estimate of drug-likeness (QED) is 0.816. The first-order valence-electron chi connectivity index (χ1n) is 7.35. The number of Topliss-reactive ketones (excluding diaryl/α,β-unsaturated/α-hetero) is 2. The Morgan fingerprint density at radius 1 is 1.24 bits per heavy atom. The number of alkyl halides is 3. The third kappa shape index (κ3) is 3.29. The molecular formula is C17H16F3NO4. The zero-order valence-electron chi connectivity index (χ0n) is 13.7. The molecule has 0 saturated carbocycles. The summed E-state index contributed by atoms with van der Waals surface area (Å²) in [5.74, 6) is -2.95. The van der Waals surface area contributed by atoms with Crippen molar-refractivity contribution in [3.05, 3.63) is 40.5 Å². The molecule has 0 atom stereocenters. The van der Waals surface area contributed by atoms with Gasteiger partial charge in [-0.2, -0.15) is 13.2 Å². The van der Waals surface area contributed by atoms with Gasteiger partial charge in [-0.1, -0.05) is 6.07 Å². The van der Waals surface area contributed by atoms with Gasteiger partial charge in [0.25, 0.3) is 5.91 Å². The largest absolute Gasteiger partial charge is 0.506 e. The third-order valence-electron chi connectivity index (χ3n) is 4.03. The van der Waals surface area contributed by atoms with Gasteiger partial charge in [0, 0.05) is 5.56 Å². The molecule has 0 spiro atoms. The summed E-state index contributed by atoms with van der Waals surface area (Å²) >= 11 is 0. The highest BCUT2D eigenvalue weighted by molar-refractivity contribution is 6.28. The molecule has 0 saturated heterocycles. The molecule has 1 amide bonds. The lowest BCUT2D eigenvalue weighted by atomic mass is 9.70. The maximum atomic E-state index is 12.9. The topological polar surface area (TPSA) is 83.5 Å². The van der Waals surface area contributed by atoms with Crippen molar-refractivity contribution in [2.24, 2.45) is 0 Å². The fourth-order valence-electron chi connectivity index (χ4n) is 2.64. The molecule has 5 nitrogen and oxygen atoms in total. The Hall–Kier alpha value is -2.64. The second-order valence-corrected chi connectivity index (χ2v) is 6.32. The molecule has 0 bridgehead atoms. The van der Waals surface area contributed by atoms with E-state index < -0.39 is 40.2 Å². The Morgan fingerprint density at radius 3 is 2.36 bits per heavy atom. The lowest BCUT2D eigenvalue weighted by Gasteiger charge is -2.32. The summed E-state index contributed by atoms with van der Waals surface area (Å²) in [5, 5.41) is 12.5. The number of rotatable bonds is 3. The normalized spacial score (nSPS) is 16.5. The van der Waals surface area contributed by atoms with E-state index in [0.717, 1.165) is 12.1 Å². The standard InChI is InChI=1S/C17H16F3NO4/c1-8(22)7-21-15(25)12-13(23)10-6-9(17(18,19)20)4-5-11(10)16(2,3)14(12)24/h4-6,23H,7H2,1-3H3,(H,21,25). The number of carbonyl (C=O) groups excluding carboxylic acids is 3. The molecule has 25 heavy (non-hydrogen) atoms. The first kappa shape index (κ1) is 18.7. The fourth-order valence-corrected chi connectivity index (χ4v) is 2.64. The summed E-state index contributed by atoms with van der Waals surface area (Å²) in [6, 6.07) is 2.65. The Balaban J connectivity index is 2.63. The second kappa shape index (κ2) is 6.02. The van der Waals surface area contributed by atoms with Crippen LogP contribution in [-0.2, 0) is 26.0 Å². The molecule has 0 fully saturated rings. The number of carbonyl (C=O) groups is 3. The molecule has 0 unspecified atom stereocenters. The average molecular weight is 355 g/mol. The molecule has 2 N–H and O–H groups in total. The molecule has 2 rings (SSSR count). The van der Waals surface area contributed by atoms with Gasteiger partial charge in [0.05, 0.1) is 17.5 Å². The van der Waals surface area contributed by atoms with Crippen molar-refractivity contribution in [1.29, 1.82) is 0 Å². The van der Waals surface area contributed by atoms with E-state index in [9.17, 15) is 32.7 Å². The van der Waals surface area contributed by atoms with Gasteiger partial charge in [0.1, 0.15) is 17.1 Å². The summed E-state index contributed by atoms with van der Waals surface area (Å²) in [6.45, 7) is 3.75. The molecule has 1 aliphatic rings. The van der Waals surface area contributed by atoms with E-state index in [1.54, 1.807) is 0 Å². The van der Waals surface area contributed by atoms with Crippen LogP contribution in [0.2, 0.25) is 0 Å². The van der Waals surface area contributed by atoms with Gasteiger partial charge in [-0.25, -0.2) is 0 Å². The van der Waals surface area contributed by atoms with E-state index >= 15 is 0 Å². The van der Waals surface area contributed by atoms with Crippen molar-refractivity contribution in [3.8, 4) is 0 Å². The van der Waals surface area contributed by atoms with E-state index in [0.29, 0.717) is 6.07 Å². The predicted molar refractivity (Wildman–Crippen MR) is 82.7 cm³/mol. The first-order chi connectivity index (χ1) is 11.4. The van der Waals surface area contributed by atoms with Crippen LogP contribution in [0.3, 0.4) is 0 Å². The van der Waals surface area contributed by atoms with Gasteiger partial charge in [-0.15, -0.1) is 0 Å². The van der Waals surface area contributed by atoms with Crippen LogP contribution in [0.5, 0.6) is 0 Å². The number of nitrogens with one attached hydrogen (secondary N) is 1. The van der Waals surface area contributed by atoms with Crippen molar-refractivity contribution >= 4 is 23.2 Å². The predicted octanol–water partition coefficient (Wildman–Crippen LogP) is 2.54. The number of amides is 1. The number of hydrogen-bond donors (Lipinski definition) is 2. The lowest BCUT2D eigenvalue weighted by Crippen LogP contribution is -2.42. The molecule has 1 aromatic rings. The van der Waals surface area contributed by atoms with Crippen molar-refractivity contribution in [2.75, 3.05) is 6.54 Å². The Morgan fingerprint density at radius 2 is 1.84 bits per heavy atom. The van der Waals surface area contributed by atoms with Crippen molar-refractivity contribution < 1.29 is 32.7 Å². The van der Waals surface area contributed by atoms with Gasteiger partial charge in [0.15, 0.2) is 5.78 Å². The molecule has 1 aromatic carbocycles. The van der Waals surface area contributed by atoms with Crippen LogP contribution in [0.25, 0.3) is 5.76 Å². The highest BCUT2D eigenvalue weighted by Crippen LogP contribution is 2.41. The number of halogens is 3. The number of hydrogen-bond acceptors (Lipinski definition) is 4. The van der Waals surface area contributed by atoms with E-state index in [-0.39, 0.29) is 23.5 Å². The van der Waals surface area contributed by atoms with Crippen LogP contribution in [-0.4, -0.2) is 29.1 Å². The molecule has 8 heteroatoms. The van der Waals surface area contributed by atoms with E-state index in [2.05, 4.69) is 5.32 Å². The first-order valence-corrected chi connectivity index (χ1v) is 7.35. The number of benzene rings is 1. The zero-order valence-corrected chi connectivity index (χ0v) is 13.7. The van der Waals surface area contributed by atoms with Crippen LogP contribution in [0.1, 0.15) is 37.5 Å². The number of ketones is 2. The third-order valence-corrected chi connectivity index (χ3v) is 4.03. The summed E-state index contributed by atoms with van der Waals surface area (Å²) in [5.41, 5.74) is -3.02. The molecule has 0 radical (unpaired) electrons. The molecule has 1 aliphatic carbocycles. The Labute approximate surface area is 141 Å². The van der Waals surface area contributed by atoms with Crippen LogP contribution >= 0.6 is 0 Å². The Bertz CT molecular complexity index is 807. The van der Waals surface area contributed by atoms with Gasteiger partial charge in [-0.05, 0) is 38.5 Å². The van der Waals surface area contributed by atoms with Crippen LogP contribution in [0, 0.1) is 0 Å². The highest BCUT2D eigenvalue weighted by Gasteiger charge is 2.44. The minimum absolute atomic E-state index is 0.186. The van der Waals surface area contributed by atoms with Crippen molar-refractivity contribution in [2.45, 2.75) is 32.4 Å². The molecular weight excluding hydrogens is 339 g/mol. The minimum Gasteiger partial charge on any atom is -0.506 e. The second-order valence-electron chi connectivity index (χ2n) is 6.32. The molecule has 0 aliphatic heterocycles. The Kier molecular flexibility index (Phi) is 4.50. The highest BCUT2D eigenvalue weighted by atomic mass is 19.4. The van der Waals surface area contributed by atoms with Crippen LogP contribution in [0.4, 0.5) is 13.2 Å². The van der Waals surface area contributed by atoms with E-state index in [4.69, 9.17) is 0 Å². The lowest BCUT2D eigenvalue weighted by molar-refractivity contribution is -0.137. The molecule has 0 heterocycles. The van der Waals surface area contributed by atoms with Gasteiger partial charge >= 0.3 is 6.18 Å². The van der Waals surface area contributed by atoms with Crippen molar-refractivity contribution in [1.82, 2.24) is 5.32 Å². The number of aliphatic hydroxyl groups excluding tert-OH is 1. The molecule has 0 aromatic heterocycles. The van der Waals surface area contributed by atoms with Gasteiger partial charge < -0.3 is 10.4 Å². The molecule has 134 valence electrons. The number of fused-ring (bicyclic) bond motifs is 1. The number of aliphatic hydroxyl groups is 1. The van der Waals surface area contributed by atoms with Gasteiger partial charge in [-0.3, -0.25) is 14.4 Å². The monoisotopic (exact) mass is 355 g/mol. The minimum atomic E-state index is -4.64. The smallest absolute Gasteiger partial charge is 0.416 e. The zero-order chi connectivity index (χ0) is 19.2. The average Bonchev–Trinajstić information content (AvgIpc) is 2.50. The summed E-state index contributed by atoms with van der Waals surface area (Å²) in [4.78, 5) is 35.8. The van der Waals surface area contributed by atoms with E-state index in [1.165, 1.54) is 20.8 Å².